The van der Waals surface area contributed by atoms with E-state index >= 15 is 0 Å². The van der Waals surface area contributed by atoms with Crippen molar-refractivity contribution >= 4 is 27.5 Å². The molecule has 4 aromatic rings. The second kappa shape index (κ2) is 6.08. The van der Waals surface area contributed by atoms with Crippen molar-refractivity contribution in [1.82, 2.24) is 9.38 Å². The van der Waals surface area contributed by atoms with Crippen LogP contribution >= 0.6 is 0 Å². The minimum atomic E-state index is 0.0503. The summed E-state index contributed by atoms with van der Waals surface area (Å²) < 4.78 is 2.28. The van der Waals surface area contributed by atoms with Gasteiger partial charge >= 0.3 is 0 Å². The number of benzene rings is 2. The summed E-state index contributed by atoms with van der Waals surface area (Å²) in [5.74, 6) is 0. The van der Waals surface area contributed by atoms with E-state index in [9.17, 15) is 0 Å². The molecule has 0 unspecified atom stereocenters. The zero-order chi connectivity index (χ0) is 21.4. The molecule has 0 spiro atoms. The topological polar surface area (TPSA) is 17.3 Å². The average Bonchev–Trinajstić information content (AvgIpc) is 2.96. The number of fused-ring (bicyclic) bond motifs is 5. The van der Waals surface area contributed by atoms with Crippen LogP contribution in [0.4, 0.5) is 0 Å². The first-order valence-corrected chi connectivity index (χ1v) is 10.7. The zero-order valence-electron chi connectivity index (χ0n) is 19.4. The second-order valence-corrected chi connectivity index (χ2v) is 11.6. The van der Waals surface area contributed by atoms with Gasteiger partial charge in [-0.1, -0.05) is 86.6 Å². The Hall–Kier alpha value is -2.35. The Kier molecular flexibility index (Phi) is 4.18. The lowest BCUT2D eigenvalue weighted by molar-refractivity contribution is 0.586. The van der Waals surface area contributed by atoms with Crippen molar-refractivity contribution in [3.05, 3.63) is 59.3 Å². The summed E-state index contributed by atoms with van der Waals surface area (Å²) in [5, 5.41) is 2.58. The predicted octanol–water partition coefficient (Wildman–Crippen LogP) is 7.53. The van der Waals surface area contributed by atoms with E-state index in [0.29, 0.717) is 0 Å². The molecule has 152 valence electrons. The third-order valence-corrected chi connectivity index (χ3v) is 6.04. The van der Waals surface area contributed by atoms with Crippen LogP contribution < -0.4 is 0 Å². The van der Waals surface area contributed by atoms with E-state index in [0.717, 1.165) is 11.2 Å². The number of hydrogen-bond donors (Lipinski definition) is 0. The lowest BCUT2D eigenvalue weighted by atomic mass is 9.80. The Morgan fingerprint density at radius 3 is 1.86 bits per heavy atom. The number of imidazole rings is 1. The molecule has 0 aliphatic carbocycles. The summed E-state index contributed by atoms with van der Waals surface area (Å²) in [4.78, 5) is 5.04. The molecule has 0 fully saturated rings. The number of hydrogen-bond acceptors (Lipinski definition) is 1. The highest BCUT2D eigenvalue weighted by Gasteiger charge is 2.23. The molecule has 0 aliphatic heterocycles. The highest BCUT2D eigenvalue weighted by molar-refractivity contribution is 6.08. The van der Waals surface area contributed by atoms with E-state index in [1.165, 1.54) is 33.0 Å². The normalized spacial score (nSPS) is 13.7. The molecule has 0 saturated heterocycles. The lowest BCUT2D eigenvalue weighted by Gasteiger charge is -2.25. The molecule has 0 amide bonds. The lowest BCUT2D eigenvalue weighted by Crippen LogP contribution is -2.14. The van der Waals surface area contributed by atoms with Gasteiger partial charge in [-0.05, 0) is 50.5 Å². The zero-order valence-corrected chi connectivity index (χ0v) is 19.4. The highest BCUT2D eigenvalue weighted by Crippen LogP contribution is 2.38. The molecule has 2 aromatic heterocycles. The van der Waals surface area contributed by atoms with Gasteiger partial charge in [-0.25, -0.2) is 4.98 Å². The van der Waals surface area contributed by atoms with E-state index in [1.54, 1.807) is 0 Å². The van der Waals surface area contributed by atoms with Crippen LogP contribution in [0.15, 0.2) is 42.6 Å². The maximum absolute atomic E-state index is 5.04. The molecular formula is C27H34N2. The first-order valence-electron chi connectivity index (χ1n) is 10.7. The van der Waals surface area contributed by atoms with E-state index in [2.05, 4.69) is 109 Å². The van der Waals surface area contributed by atoms with Crippen LogP contribution in [0.2, 0.25) is 0 Å². The Labute approximate surface area is 175 Å². The standard InChI is InChI=1S/C27H34N2/c1-25(2,3)17-10-12-19-20(14-17)21(27(7,8)9)15-22-24(19)28-23-13-11-18(16-29(22)23)26(4,5)6/h10-16H,1-9H3. The monoisotopic (exact) mass is 386 g/mol. The molecule has 4 rings (SSSR count). The Bertz CT molecular complexity index is 1240. The van der Waals surface area contributed by atoms with Crippen LogP contribution in [0.1, 0.15) is 79.0 Å². The molecular weight excluding hydrogens is 352 g/mol. The van der Waals surface area contributed by atoms with Gasteiger partial charge in [0.2, 0.25) is 0 Å². The number of pyridine rings is 1. The minimum Gasteiger partial charge on any atom is -0.299 e. The summed E-state index contributed by atoms with van der Waals surface area (Å²) >= 11 is 0. The quantitative estimate of drug-likeness (QED) is 0.305. The van der Waals surface area contributed by atoms with Gasteiger partial charge in [-0.3, -0.25) is 4.40 Å². The average molecular weight is 387 g/mol. The van der Waals surface area contributed by atoms with Gasteiger partial charge < -0.3 is 0 Å². The largest absolute Gasteiger partial charge is 0.299 e. The van der Waals surface area contributed by atoms with Crippen molar-refractivity contribution in [3.63, 3.8) is 0 Å². The summed E-state index contributed by atoms with van der Waals surface area (Å²) in [6.07, 6.45) is 2.27. The number of aromatic nitrogens is 2. The Balaban J connectivity index is 2.15. The van der Waals surface area contributed by atoms with Crippen LogP contribution in [-0.2, 0) is 16.2 Å². The van der Waals surface area contributed by atoms with Crippen LogP contribution in [0.5, 0.6) is 0 Å². The summed E-state index contributed by atoms with van der Waals surface area (Å²) in [7, 11) is 0. The number of nitrogens with zero attached hydrogens (tertiary/aromatic N) is 2. The van der Waals surface area contributed by atoms with E-state index in [1.807, 2.05) is 0 Å². The van der Waals surface area contributed by atoms with Crippen LogP contribution in [0, 0.1) is 0 Å². The molecule has 2 heterocycles. The molecule has 2 nitrogen and oxygen atoms in total. The van der Waals surface area contributed by atoms with Crippen molar-refractivity contribution in [2.24, 2.45) is 0 Å². The second-order valence-electron chi connectivity index (χ2n) is 11.6. The Morgan fingerprint density at radius 1 is 0.655 bits per heavy atom. The van der Waals surface area contributed by atoms with Gasteiger partial charge in [-0.15, -0.1) is 0 Å². The van der Waals surface area contributed by atoms with Gasteiger partial charge in [0.15, 0.2) is 0 Å². The van der Waals surface area contributed by atoms with Crippen LogP contribution in [0.25, 0.3) is 27.5 Å². The molecule has 2 heteroatoms. The molecule has 0 aliphatic rings. The summed E-state index contributed by atoms with van der Waals surface area (Å²) in [6.45, 7) is 20.5. The third-order valence-electron chi connectivity index (χ3n) is 6.04. The predicted molar refractivity (Wildman–Crippen MR) is 126 cm³/mol. The highest BCUT2D eigenvalue weighted by atomic mass is 15.0. The fraction of sp³-hybridized carbons (Fsp3) is 0.444. The molecule has 0 saturated carbocycles. The van der Waals surface area contributed by atoms with Gasteiger partial charge in [-0.2, -0.15) is 0 Å². The van der Waals surface area contributed by atoms with Crippen LogP contribution in [0.3, 0.4) is 0 Å². The van der Waals surface area contributed by atoms with E-state index in [4.69, 9.17) is 4.98 Å². The molecule has 29 heavy (non-hydrogen) atoms. The van der Waals surface area contributed by atoms with Crippen molar-refractivity contribution in [1.29, 1.82) is 0 Å². The Morgan fingerprint density at radius 2 is 1.28 bits per heavy atom. The molecule has 0 radical (unpaired) electrons. The smallest absolute Gasteiger partial charge is 0.137 e. The van der Waals surface area contributed by atoms with E-state index < -0.39 is 0 Å². The van der Waals surface area contributed by atoms with E-state index in [-0.39, 0.29) is 16.2 Å². The first-order chi connectivity index (χ1) is 13.3. The maximum atomic E-state index is 5.04. The van der Waals surface area contributed by atoms with Gasteiger partial charge in [0.1, 0.15) is 5.65 Å². The fourth-order valence-corrected chi connectivity index (χ4v) is 4.12. The first kappa shape index (κ1) is 19.9. The van der Waals surface area contributed by atoms with Crippen molar-refractivity contribution in [3.8, 4) is 0 Å². The van der Waals surface area contributed by atoms with Crippen LogP contribution in [-0.4, -0.2) is 9.38 Å². The van der Waals surface area contributed by atoms with Gasteiger partial charge in [0.05, 0.1) is 11.0 Å². The molecule has 0 N–H and O–H groups in total. The van der Waals surface area contributed by atoms with Crippen molar-refractivity contribution in [2.75, 3.05) is 0 Å². The van der Waals surface area contributed by atoms with Crippen molar-refractivity contribution < 1.29 is 0 Å². The fourth-order valence-electron chi connectivity index (χ4n) is 4.12. The minimum absolute atomic E-state index is 0.0503. The van der Waals surface area contributed by atoms with Gasteiger partial charge in [0.25, 0.3) is 0 Å². The van der Waals surface area contributed by atoms with Crippen molar-refractivity contribution in [2.45, 2.75) is 78.6 Å². The summed E-state index contributed by atoms with van der Waals surface area (Å²) in [6, 6.07) is 13.7. The maximum Gasteiger partial charge on any atom is 0.137 e. The summed E-state index contributed by atoms with van der Waals surface area (Å²) in [5.41, 5.74) is 7.67. The third kappa shape index (κ3) is 3.33. The SMILES string of the molecule is CC(C)(C)c1ccc2c(c1)c(C(C)(C)C)cc1c2nc2ccc(C(C)(C)C)cn21. The molecule has 2 aromatic carbocycles. The van der Waals surface area contributed by atoms with Gasteiger partial charge in [0, 0.05) is 11.6 Å². The molecule has 0 atom stereocenters. The molecule has 0 bridgehead atoms. The number of rotatable bonds is 0.